The van der Waals surface area contributed by atoms with Gasteiger partial charge in [0.25, 0.3) is 0 Å². The molecule has 0 aromatic heterocycles. The molecule has 96 valence electrons. The summed E-state index contributed by atoms with van der Waals surface area (Å²) in [7, 11) is 0. The summed E-state index contributed by atoms with van der Waals surface area (Å²) >= 11 is 0. The van der Waals surface area contributed by atoms with E-state index in [0.717, 1.165) is 6.42 Å². The quantitative estimate of drug-likeness (QED) is 0.494. The number of rotatable bonds is 7. The van der Waals surface area contributed by atoms with Crippen LogP contribution in [0.2, 0.25) is 0 Å². The van der Waals surface area contributed by atoms with E-state index in [0.29, 0.717) is 5.92 Å². The highest BCUT2D eigenvalue weighted by Crippen LogP contribution is 2.27. The second kappa shape index (κ2) is 9.04. The van der Waals surface area contributed by atoms with Crippen LogP contribution in [0.4, 0.5) is 0 Å². The van der Waals surface area contributed by atoms with Gasteiger partial charge in [-0.05, 0) is 25.2 Å². The zero-order valence-electron chi connectivity index (χ0n) is 11.1. The van der Waals surface area contributed by atoms with Gasteiger partial charge >= 0.3 is 0 Å². The fraction of sp³-hybridized carbons (Fsp3) is 1.00. The van der Waals surface area contributed by atoms with Gasteiger partial charge in [0, 0.05) is 0 Å². The zero-order chi connectivity index (χ0) is 11.6. The van der Waals surface area contributed by atoms with Gasteiger partial charge in [-0.2, -0.15) is 0 Å². The van der Waals surface area contributed by atoms with Gasteiger partial charge in [-0.25, -0.2) is 0 Å². The minimum absolute atomic E-state index is 0.000253. The summed E-state index contributed by atoms with van der Waals surface area (Å²) in [5.41, 5.74) is 0. The van der Waals surface area contributed by atoms with E-state index in [4.69, 9.17) is 0 Å². The minimum atomic E-state index is -0.000253. The SMILES string of the molecule is CCCCCCCC(O)C1CCCCCC1. The molecule has 1 atom stereocenters. The first kappa shape index (κ1) is 14.0. The van der Waals surface area contributed by atoms with Crippen molar-refractivity contribution in [2.75, 3.05) is 0 Å². The highest BCUT2D eigenvalue weighted by molar-refractivity contribution is 4.72. The molecule has 1 heteroatoms. The van der Waals surface area contributed by atoms with Crippen molar-refractivity contribution in [2.24, 2.45) is 5.92 Å². The maximum Gasteiger partial charge on any atom is 0.0568 e. The molecule has 1 fully saturated rings. The third-order valence-corrected chi connectivity index (χ3v) is 4.05. The minimum Gasteiger partial charge on any atom is -0.393 e. The fourth-order valence-electron chi connectivity index (χ4n) is 2.89. The molecule has 0 bridgehead atoms. The topological polar surface area (TPSA) is 20.2 Å². The van der Waals surface area contributed by atoms with Crippen molar-refractivity contribution in [2.45, 2.75) is 90.1 Å². The normalized spacial score (nSPS) is 20.6. The van der Waals surface area contributed by atoms with Gasteiger partial charge in [0.05, 0.1) is 6.10 Å². The van der Waals surface area contributed by atoms with Gasteiger partial charge in [-0.1, -0.05) is 64.7 Å². The monoisotopic (exact) mass is 226 g/mol. The Morgan fingerprint density at radius 1 is 0.938 bits per heavy atom. The Kier molecular flexibility index (Phi) is 7.92. The molecule has 1 N–H and O–H groups in total. The average Bonchev–Trinajstić information content (AvgIpc) is 2.57. The average molecular weight is 226 g/mol. The Morgan fingerprint density at radius 2 is 1.56 bits per heavy atom. The summed E-state index contributed by atoms with van der Waals surface area (Å²) < 4.78 is 0. The molecular formula is C15H30O. The smallest absolute Gasteiger partial charge is 0.0568 e. The zero-order valence-corrected chi connectivity index (χ0v) is 11.1. The molecule has 1 rings (SSSR count). The van der Waals surface area contributed by atoms with E-state index in [1.165, 1.54) is 70.6 Å². The van der Waals surface area contributed by atoms with Crippen molar-refractivity contribution >= 4 is 0 Å². The van der Waals surface area contributed by atoms with Crippen LogP contribution in [0, 0.1) is 5.92 Å². The Hall–Kier alpha value is -0.0400. The van der Waals surface area contributed by atoms with Crippen LogP contribution in [0.3, 0.4) is 0 Å². The standard InChI is InChI=1S/C15H30O/c1-2-3-4-5-10-13-15(16)14-11-8-6-7-9-12-14/h14-16H,2-13H2,1H3. The van der Waals surface area contributed by atoms with Crippen LogP contribution in [0.1, 0.15) is 84.0 Å². The van der Waals surface area contributed by atoms with Crippen LogP contribution < -0.4 is 0 Å². The summed E-state index contributed by atoms with van der Waals surface area (Å²) in [6.45, 7) is 2.25. The lowest BCUT2D eigenvalue weighted by Crippen LogP contribution is -2.19. The maximum atomic E-state index is 10.2. The van der Waals surface area contributed by atoms with Crippen molar-refractivity contribution in [1.82, 2.24) is 0 Å². The van der Waals surface area contributed by atoms with Crippen LogP contribution in [-0.2, 0) is 0 Å². The molecule has 0 aromatic rings. The number of hydrogen-bond donors (Lipinski definition) is 1. The second-order valence-corrected chi connectivity index (χ2v) is 5.52. The van der Waals surface area contributed by atoms with Gasteiger partial charge in [0.1, 0.15) is 0 Å². The first-order chi connectivity index (χ1) is 7.84. The molecule has 0 saturated heterocycles. The second-order valence-electron chi connectivity index (χ2n) is 5.52. The van der Waals surface area contributed by atoms with Gasteiger partial charge in [0.2, 0.25) is 0 Å². The van der Waals surface area contributed by atoms with E-state index in [9.17, 15) is 5.11 Å². The Labute approximate surface area is 102 Å². The molecule has 1 aliphatic rings. The lowest BCUT2D eigenvalue weighted by molar-refractivity contribution is 0.0874. The van der Waals surface area contributed by atoms with Crippen molar-refractivity contribution < 1.29 is 5.11 Å². The third-order valence-electron chi connectivity index (χ3n) is 4.05. The largest absolute Gasteiger partial charge is 0.393 e. The van der Waals surface area contributed by atoms with Crippen LogP contribution in [0.15, 0.2) is 0 Å². The van der Waals surface area contributed by atoms with Gasteiger partial charge in [-0.3, -0.25) is 0 Å². The first-order valence-corrected chi connectivity index (χ1v) is 7.52. The molecule has 1 unspecified atom stereocenters. The summed E-state index contributed by atoms with van der Waals surface area (Å²) in [5.74, 6) is 0.619. The van der Waals surface area contributed by atoms with E-state index in [-0.39, 0.29) is 6.10 Å². The third kappa shape index (κ3) is 5.89. The Morgan fingerprint density at radius 3 is 2.19 bits per heavy atom. The maximum absolute atomic E-state index is 10.2. The molecule has 0 spiro atoms. The van der Waals surface area contributed by atoms with Crippen LogP contribution in [0.5, 0.6) is 0 Å². The predicted molar refractivity (Wildman–Crippen MR) is 70.6 cm³/mol. The number of unbranched alkanes of at least 4 members (excludes halogenated alkanes) is 4. The van der Waals surface area contributed by atoms with Crippen molar-refractivity contribution in [3.05, 3.63) is 0 Å². The number of aliphatic hydroxyl groups is 1. The highest BCUT2D eigenvalue weighted by atomic mass is 16.3. The van der Waals surface area contributed by atoms with E-state index >= 15 is 0 Å². The Bertz CT molecular complexity index is 148. The van der Waals surface area contributed by atoms with Crippen LogP contribution >= 0.6 is 0 Å². The molecule has 1 saturated carbocycles. The van der Waals surface area contributed by atoms with Crippen LogP contribution in [-0.4, -0.2) is 11.2 Å². The molecule has 0 radical (unpaired) electrons. The van der Waals surface area contributed by atoms with E-state index < -0.39 is 0 Å². The molecular weight excluding hydrogens is 196 g/mol. The first-order valence-electron chi connectivity index (χ1n) is 7.52. The van der Waals surface area contributed by atoms with E-state index in [1.54, 1.807) is 0 Å². The molecule has 0 heterocycles. The molecule has 16 heavy (non-hydrogen) atoms. The lowest BCUT2D eigenvalue weighted by atomic mass is 9.90. The highest BCUT2D eigenvalue weighted by Gasteiger charge is 2.19. The van der Waals surface area contributed by atoms with Crippen molar-refractivity contribution in [3.8, 4) is 0 Å². The molecule has 0 amide bonds. The molecule has 1 nitrogen and oxygen atoms in total. The number of aliphatic hydroxyl groups excluding tert-OH is 1. The molecule has 0 aliphatic heterocycles. The lowest BCUT2D eigenvalue weighted by Gasteiger charge is -2.21. The summed E-state index contributed by atoms with van der Waals surface area (Å²) in [6.07, 6.45) is 15.6. The summed E-state index contributed by atoms with van der Waals surface area (Å²) in [5, 5.41) is 10.2. The van der Waals surface area contributed by atoms with Gasteiger partial charge in [0.15, 0.2) is 0 Å². The predicted octanol–water partition coefficient (Wildman–Crippen LogP) is 4.68. The van der Waals surface area contributed by atoms with Crippen molar-refractivity contribution in [3.63, 3.8) is 0 Å². The number of hydrogen-bond acceptors (Lipinski definition) is 1. The van der Waals surface area contributed by atoms with Gasteiger partial charge in [-0.15, -0.1) is 0 Å². The summed E-state index contributed by atoms with van der Waals surface area (Å²) in [4.78, 5) is 0. The van der Waals surface area contributed by atoms with Crippen molar-refractivity contribution in [1.29, 1.82) is 0 Å². The summed E-state index contributed by atoms with van der Waals surface area (Å²) in [6, 6.07) is 0. The van der Waals surface area contributed by atoms with Gasteiger partial charge < -0.3 is 5.11 Å². The van der Waals surface area contributed by atoms with Crippen LogP contribution in [0.25, 0.3) is 0 Å². The van der Waals surface area contributed by atoms with E-state index in [2.05, 4.69) is 6.92 Å². The van der Waals surface area contributed by atoms with E-state index in [1.807, 2.05) is 0 Å². The molecule has 0 aromatic carbocycles. The molecule has 1 aliphatic carbocycles. The Balaban J connectivity index is 2.05. The fourth-order valence-corrected chi connectivity index (χ4v) is 2.89.